The minimum atomic E-state index is -0.182. The number of hydrogen-bond acceptors (Lipinski definition) is 4. The molecule has 0 aliphatic heterocycles. The monoisotopic (exact) mass is 307 g/mol. The molecule has 2 aromatic heterocycles. The lowest BCUT2D eigenvalue weighted by Crippen LogP contribution is -2.19. The van der Waals surface area contributed by atoms with Crippen LogP contribution in [0.15, 0.2) is 36.8 Å². The number of aromatic nitrogens is 3. The molecule has 4 rings (SSSR count). The highest BCUT2D eigenvalue weighted by atomic mass is 16.1. The Balaban J connectivity index is 1.64. The van der Waals surface area contributed by atoms with Crippen molar-refractivity contribution in [2.45, 2.75) is 25.8 Å². The summed E-state index contributed by atoms with van der Waals surface area (Å²) in [7, 11) is 0. The third-order valence-corrected chi connectivity index (χ3v) is 4.29. The van der Waals surface area contributed by atoms with Gasteiger partial charge in [0.15, 0.2) is 0 Å². The first-order valence-corrected chi connectivity index (χ1v) is 7.59. The van der Waals surface area contributed by atoms with Crippen LogP contribution in [-0.2, 0) is 12.8 Å². The fourth-order valence-corrected chi connectivity index (χ4v) is 3.20. The molecular weight excluding hydrogens is 290 g/mol. The highest BCUT2D eigenvalue weighted by Gasteiger charge is 2.19. The number of anilines is 1. The quantitative estimate of drug-likeness (QED) is 0.755. The number of carbonyl (C=O) groups is 1. The van der Waals surface area contributed by atoms with E-state index in [0.717, 1.165) is 29.7 Å². The standard InChI is InChI=1S/C17H17N5O/c1-10-16-15(9-20-22(16)5-4-19-10)17(23)21-14-3-2-11-6-13(18)7-12(11)8-14/h2-5,8-9,13H,6-7,18H2,1H3,(H,21,23). The molecule has 0 saturated carbocycles. The van der Waals surface area contributed by atoms with E-state index < -0.39 is 0 Å². The maximum absolute atomic E-state index is 12.6. The van der Waals surface area contributed by atoms with Crippen LogP contribution in [0.25, 0.3) is 5.52 Å². The molecule has 2 heterocycles. The van der Waals surface area contributed by atoms with E-state index in [1.54, 1.807) is 23.1 Å². The molecule has 3 N–H and O–H groups in total. The Morgan fingerprint density at radius 1 is 1.35 bits per heavy atom. The Kier molecular flexibility index (Phi) is 3.12. The van der Waals surface area contributed by atoms with Gasteiger partial charge in [-0.15, -0.1) is 0 Å². The SMILES string of the molecule is Cc1nccn2ncc(C(=O)Nc3ccc4c(c3)CC(N)C4)c12. The number of nitrogens with zero attached hydrogens (tertiary/aromatic N) is 3. The molecule has 116 valence electrons. The number of rotatable bonds is 2. The number of aryl methyl sites for hydroxylation is 1. The molecular formula is C17H17N5O. The van der Waals surface area contributed by atoms with Gasteiger partial charge in [0.05, 0.1) is 17.5 Å². The molecule has 1 atom stereocenters. The van der Waals surface area contributed by atoms with Crippen LogP contribution in [0.2, 0.25) is 0 Å². The van der Waals surface area contributed by atoms with E-state index >= 15 is 0 Å². The van der Waals surface area contributed by atoms with Gasteiger partial charge >= 0.3 is 0 Å². The van der Waals surface area contributed by atoms with Crippen molar-refractivity contribution in [2.75, 3.05) is 5.32 Å². The fourth-order valence-electron chi connectivity index (χ4n) is 3.20. The molecule has 3 aromatic rings. The number of hydrogen-bond donors (Lipinski definition) is 2. The van der Waals surface area contributed by atoms with Crippen molar-refractivity contribution in [3.8, 4) is 0 Å². The van der Waals surface area contributed by atoms with Crippen LogP contribution >= 0.6 is 0 Å². The molecule has 0 saturated heterocycles. The summed E-state index contributed by atoms with van der Waals surface area (Å²) < 4.78 is 1.67. The Hall–Kier alpha value is -2.73. The third kappa shape index (κ3) is 2.37. The van der Waals surface area contributed by atoms with Crippen LogP contribution in [0.3, 0.4) is 0 Å². The molecule has 6 heteroatoms. The molecule has 1 aliphatic carbocycles. The van der Waals surface area contributed by atoms with Crippen molar-refractivity contribution in [1.82, 2.24) is 14.6 Å². The van der Waals surface area contributed by atoms with Gasteiger partial charge in [-0.25, -0.2) is 4.52 Å². The van der Waals surface area contributed by atoms with Gasteiger partial charge in [0, 0.05) is 24.1 Å². The molecule has 6 nitrogen and oxygen atoms in total. The number of benzene rings is 1. The van der Waals surface area contributed by atoms with E-state index in [2.05, 4.69) is 15.4 Å². The van der Waals surface area contributed by atoms with Crippen LogP contribution in [0.1, 0.15) is 27.2 Å². The number of nitrogens with two attached hydrogens (primary N) is 1. The van der Waals surface area contributed by atoms with Gasteiger partial charge in [-0.2, -0.15) is 5.10 Å². The third-order valence-electron chi connectivity index (χ3n) is 4.29. The zero-order chi connectivity index (χ0) is 16.0. The molecule has 23 heavy (non-hydrogen) atoms. The van der Waals surface area contributed by atoms with Gasteiger partial charge < -0.3 is 11.1 Å². The average molecular weight is 307 g/mol. The van der Waals surface area contributed by atoms with Gasteiger partial charge in [0.25, 0.3) is 5.91 Å². The van der Waals surface area contributed by atoms with Crippen molar-refractivity contribution in [1.29, 1.82) is 0 Å². The highest BCUT2D eigenvalue weighted by Crippen LogP contribution is 2.25. The first kappa shape index (κ1) is 13.9. The van der Waals surface area contributed by atoms with Crippen molar-refractivity contribution in [2.24, 2.45) is 5.73 Å². The number of nitrogens with one attached hydrogen (secondary N) is 1. The van der Waals surface area contributed by atoms with E-state index in [4.69, 9.17) is 5.73 Å². The van der Waals surface area contributed by atoms with Gasteiger partial charge in [0.1, 0.15) is 5.52 Å². The van der Waals surface area contributed by atoms with Gasteiger partial charge in [-0.3, -0.25) is 9.78 Å². The Morgan fingerprint density at radius 3 is 3.04 bits per heavy atom. The fraction of sp³-hybridized carbons (Fsp3) is 0.235. The minimum Gasteiger partial charge on any atom is -0.327 e. The van der Waals surface area contributed by atoms with Crippen molar-refractivity contribution in [3.63, 3.8) is 0 Å². The predicted octanol–water partition coefficient (Wildman–Crippen LogP) is 1.72. The van der Waals surface area contributed by atoms with Gasteiger partial charge in [0.2, 0.25) is 0 Å². The maximum Gasteiger partial charge on any atom is 0.259 e. The van der Waals surface area contributed by atoms with Gasteiger partial charge in [-0.05, 0) is 43.0 Å². The first-order chi connectivity index (χ1) is 11.1. The van der Waals surface area contributed by atoms with Crippen LogP contribution in [-0.4, -0.2) is 26.5 Å². The predicted molar refractivity (Wildman–Crippen MR) is 87.5 cm³/mol. The van der Waals surface area contributed by atoms with Crippen LogP contribution in [0.5, 0.6) is 0 Å². The van der Waals surface area contributed by atoms with Crippen LogP contribution in [0.4, 0.5) is 5.69 Å². The lowest BCUT2D eigenvalue weighted by molar-refractivity contribution is 0.102. The summed E-state index contributed by atoms with van der Waals surface area (Å²) in [4.78, 5) is 16.8. The van der Waals surface area contributed by atoms with E-state index in [9.17, 15) is 4.79 Å². The lowest BCUT2D eigenvalue weighted by Gasteiger charge is -2.07. The second-order valence-electron chi connectivity index (χ2n) is 5.97. The molecule has 1 unspecified atom stereocenters. The number of carbonyl (C=O) groups excluding carboxylic acids is 1. The number of amides is 1. The van der Waals surface area contributed by atoms with E-state index in [0.29, 0.717) is 5.56 Å². The molecule has 0 radical (unpaired) electrons. The van der Waals surface area contributed by atoms with Crippen molar-refractivity contribution in [3.05, 3.63) is 59.2 Å². The van der Waals surface area contributed by atoms with Crippen LogP contribution in [0, 0.1) is 6.92 Å². The Bertz CT molecular complexity index is 914. The Labute approximate surface area is 133 Å². The number of fused-ring (bicyclic) bond motifs is 2. The molecule has 0 fully saturated rings. The summed E-state index contributed by atoms with van der Waals surface area (Å²) in [5.74, 6) is -0.182. The molecule has 0 bridgehead atoms. The second-order valence-corrected chi connectivity index (χ2v) is 5.97. The van der Waals surface area contributed by atoms with E-state index in [-0.39, 0.29) is 11.9 Å². The molecule has 1 aromatic carbocycles. The zero-order valence-corrected chi connectivity index (χ0v) is 12.8. The van der Waals surface area contributed by atoms with Crippen LogP contribution < -0.4 is 11.1 Å². The topological polar surface area (TPSA) is 85.3 Å². The molecule has 1 amide bonds. The van der Waals surface area contributed by atoms with E-state index in [1.807, 2.05) is 25.1 Å². The first-order valence-electron chi connectivity index (χ1n) is 7.59. The average Bonchev–Trinajstić information content (AvgIpc) is 3.10. The lowest BCUT2D eigenvalue weighted by atomic mass is 10.1. The summed E-state index contributed by atoms with van der Waals surface area (Å²) in [6.07, 6.45) is 6.74. The highest BCUT2D eigenvalue weighted by molar-refractivity contribution is 6.09. The van der Waals surface area contributed by atoms with Crippen molar-refractivity contribution >= 4 is 17.1 Å². The summed E-state index contributed by atoms with van der Waals surface area (Å²) in [6, 6.07) is 6.16. The second kappa shape index (κ2) is 5.17. The zero-order valence-electron chi connectivity index (χ0n) is 12.8. The summed E-state index contributed by atoms with van der Waals surface area (Å²) >= 11 is 0. The molecule has 0 spiro atoms. The smallest absolute Gasteiger partial charge is 0.259 e. The normalized spacial score (nSPS) is 16.5. The van der Waals surface area contributed by atoms with E-state index in [1.165, 1.54) is 11.1 Å². The maximum atomic E-state index is 12.6. The summed E-state index contributed by atoms with van der Waals surface area (Å²) in [6.45, 7) is 1.87. The van der Waals surface area contributed by atoms with Gasteiger partial charge in [-0.1, -0.05) is 6.07 Å². The largest absolute Gasteiger partial charge is 0.327 e. The summed E-state index contributed by atoms with van der Waals surface area (Å²) in [5, 5.41) is 7.16. The minimum absolute atomic E-state index is 0.182. The summed E-state index contributed by atoms with van der Waals surface area (Å²) in [5.41, 5.74) is 11.3. The molecule has 1 aliphatic rings. The van der Waals surface area contributed by atoms with Crippen molar-refractivity contribution < 1.29 is 4.79 Å². The Morgan fingerprint density at radius 2 is 2.17 bits per heavy atom.